The zero-order chi connectivity index (χ0) is 19.2. The molecule has 7 atom stereocenters. The van der Waals surface area contributed by atoms with Crippen molar-refractivity contribution in [2.45, 2.75) is 76.5 Å². The van der Waals surface area contributed by atoms with Crippen molar-refractivity contribution >= 4 is 11.6 Å². The van der Waals surface area contributed by atoms with Crippen molar-refractivity contribution in [3.63, 3.8) is 0 Å². The largest absolute Gasteiger partial charge is 0.508 e. The molecule has 0 radical (unpaired) electrons. The van der Waals surface area contributed by atoms with E-state index in [0.29, 0.717) is 35.8 Å². The van der Waals surface area contributed by atoms with Gasteiger partial charge in [0.15, 0.2) is 0 Å². The number of hydrogen-bond acceptors (Lipinski definition) is 2. The molecule has 2 nitrogen and oxygen atoms in total. The molecule has 0 amide bonds. The lowest BCUT2D eigenvalue weighted by Gasteiger charge is -2.53. The van der Waals surface area contributed by atoms with E-state index in [2.05, 4.69) is 13.0 Å². The van der Waals surface area contributed by atoms with Gasteiger partial charge in [0.2, 0.25) is 0 Å². The van der Waals surface area contributed by atoms with Crippen LogP contribution in [0, 0.1) is 23.2 Å². The van der Waals surface area contributed by atoms with Gasteiger partial charge in [-0.2, -0.15) is 0 Å². The van der Waals surface area contributed by atoms with Crippen molar-refractivity contribution < 1.29 is 14.6 Å². The van der Waals surface area contributed by atoms with Gasteiger partial charge in [-0.1, -0.05) is 25.8 Å². The Labute approximate surface area is 167 Å². The monoisotopic (exact) mass is 394 g/mol. The van der Waals surface area contributed by atoms with Crippen molar-refractivity contribution in [3.8, 4) is 5.75 Å². The normalized spacial score (nSPS) is 40.3. The van der Waals surface area contributed by atoms with Gasteiger partial charge in [-0.3, -0.25) is 0 Å². The summed E-state index contributed by atoms with van der Waals surface area (Å²) in [5, 5.41) is 20.6. The maximum atomic E-state index is 14.6. The molecule has 2 saturated carbocycles. The standard InChI is InChI=1S/C23H32ClFO2/c1-23-9-8-18-17-7-6-16(26)12-15(17)11-14(5-3-2-4-10-24)21(18)19(23)13-20(25)22(23)27/h6-7,12,14,18-22,26-27H,2-5,8-11,13H2,1H3/t14-,18-,19+,20-,21-,22+,23+/m1/s1. The van der Waals surface area contributed by atoms with Crippen LogP contribution in [0.25, 0.3) is 0 Å². The van der Waals surface area contributed by atoms with Gasteiger partial charge in [0.25, 0.3) is 0 Å². The average Bonchev–Trinajstić information content (AvgIpc) is 2.88. The number of aliphatic hydroxyl groups excluding tert-OH is 1. The Balaban J connectivity index is 1.66. The summed E-state index contributed by atoms with van der Waals surface area (Å²) in [7, 11) is 0. The molecule has 2 fully saturated rings. The Morgan fingerprint density at radius 1 is 1.26 bits per heavy atom. The van der Waals surface area contributed by atoms with Crippen LogP contribution in [0.4, 0.5) is 4.39 Å². The molecule has 0 spiro atoms. The van der Waals surface area contributed by atoms with Gasteiger partial charge in [0, 0.05) is 5.88 Å². The molecule has 0 saturated heterocycles. The van der Waals surface area contributed by atoms with Crippen LogP contribution in [0.15, 0.2) is 18.2 Å². The van der Waals surface area contributed by atoms with Crippen LogP contribution in [0.1, 0.15) is 68.9 Å². The number of phenolic OH excluding ortho intramolecular Hbond substituents is 1. The number of phenols is 1. The number of benzene rings is 1. The summed E-state index contributed by atoms with van der Waals surface area (Å²) in [5.74, 6) is 2.68. The number of halogens is 2. The molecule has 1 aromatic carbocycles. The molecule has 4 rings (SSSR count). The molecule has 3 aliphatic rings. The van der Waals surface area contributed by atoms with Crippen LogP contribution in [-0.2, 0) is 6.42 Å². The molecule has 0 bridgehead atoms. The number of hydrogen-bond donors (Lipinski definition) is 2. The Hall–Kier alpha value is -0.800. The first-order valence-electron chi connectivity index (χ1n) is 10.7. The van der Waals surface area contributed by atoms with Crippen LogP contribution in [0.3, 0.4) is 0 Å². The summed E-state index contributed by atoms with van der Waals surface area (Å²) in [4.78, 5) is 0. The molecule has 0 aromatic heterocycles. The van der Waals surface area contributed by atoms with Gasteiger partial charge in [0.1, 0.15) is 11.9 Å². The van der Waals surface area contributed by atoms with Crippen LogP contribution in [0.5, 0.6) is 5.75 Å². The second-order valence-electron chi connectivity index (χ2n) is 9.42. The zero-order valence-electron chi connectivity index (χ0n) is 16.2. The lowest BCUT2D eigenvalue weighted by atomic mass is 9.52. The number of rotatable bonds is 5. The first-order valence-corrected chi connectivity index (χ1v) is 11.2. The Morgan fingerprint density at radius 3 is 2.85 bits per heavy atom. The Kier molecular flexibility index (Phi) is 5.46. The van der Waals surface area contributed by atoms with Gasteiger partial charge in [0.05, 0.1) is 6.10 Å². The van der Waals surface area contributed by atoms with Gasteiger partial charge in [-0.05, 0) is 90.9 Å². The van der Waals surface area contributed by atoms with Gasteiger partial charge < -0.3 is 10.2 Å². The highest BCUT2D eigenvalue weighted by Crippen LogP contribution is 2.63. The van der Waals surface area contributed by atoms with Crippen molar-refractivity contribution in [3.05, 3.63) is 29.3 Å². The molecular weight excluding hydrogens is 363 g/mol. The summed E-state index contributed by atoms with van der Waals surface area (Å²) >= 11 is 5.84. The zero-order valence-corrected chi connectivity index (χ0v) is 17.0. The maximum Gasteiger partial charge on any atom is 0.127 e. The lowest BCUT2D eigenvalue weighted by Crippen LogP contribution is -2.47. The van der Waals surface area contributed by atoms with Crippen LogP contribution < -0.4 is 0 Å². The predicted molar refractivity (Wildman–Crippen MR) is 107 cm³/mol. The quantitative estimate of drug-likeness (QED) is 0.505. The minimum atomic E-state index is -1.09. The molecule has 1 aromatic rings. The second-order valence-corrected chi connectivity index (χ2v) is 9.79. The number of aromatic hydroxyl groups is 1. The van der Waals surface area contributed by atoms with E-state index in [0.717, 1.165) is 44.9 Å². The third-order valence-corrected chi connectivity index (χ3v) is 8.30. The minimum Gasteiger partial charge on any atom is -0.508 e. The van der Waals surface area contributed by atoms with E-state index in [1.54, 1.807) is 6.07 Å². The Morgan fingerprint density at radius 2 is 2.07 bits per heavy atom. The summed E-state index contributed by atoms with van der Waals surface area (Å²) in [6, 6.07) is 5.82. The molecule has 2 N–H and O–H groups in total. The van der Waals surface area contributed by atoms with Crippen molar-refractivity contribution in [2.75, 3.05) is 5.88 Å². The SMILES string of the molecule is C[C@]12CC[C@@H]3c4ccc(O)cc4C[C@@H](CCCCCCl)[C@H]3[C@@H]1C[C@@H](F)[C@@H]2O. The fourth-order valence-corrected chi connectivity index (χ4v) is 6.87. The number of unbranched alkanes of at least 4 members (excludes halogenated alkanes) is 2. The number of alkyl halides is 2. The van der Waals surface area contributed by atoms with Crippen molar-refractivity contribution in [1.82, 2.24) is 0 Å². The van der Waals surface area contributed by atoms with Crippen molar-refractivity contribution in [2.24, 2.45) is 23.2 Å². The highest BCUT2D eigenvalue weighted by molar-refractivity contribution is 6.17. The fraction of sp³-hybridized carbons (Fsp3) is 0.739. The summed E-state index contributed by atoms with van der Waals surface area (Å²) in [6.45, 7) is 2.12. The molecular formula is C23H32ClFO2. The molecule has 0 heterocycles. The Bertz CT molecular complexity index is 680. The van der Waals surface area contributed by atoms with E-state index in [9.17, 15) is 14.6 Å². The average molecular weight is 395 g/mol. The molecule has 0 aliphatic heterocycles. The van der Waals surface area contributed by atoms with E-state index < -0.39 is 12.3 Å². The third-order valence-electron chi connectivity index (χ3n) is 8.03. The van der Waals surface area contributed by atoms with Crippen LogP contribution in [0.2, 0.25) is 0 Å². The smallest absolute Gasteiger partial charge is 0.127 e. The molecule has 0 unspecified atom stereocenters. The topological polar surface area (TPSA) is 40.5 Å². The molecule has 27 heavy (non-hydrogen) atoms. The van der Waals surface area contributed by atoms with E-state index in [-0.39, 0.29) is 11.3 Å². The first-order chi connectivity index (χ1) is 13.0. The van der Waals surface area contributed by atoms with Gasteiger partial charge in [-0.25, -0.2) is 4.39 Å². The van der Waals surface area contributed by atoms with E-state index in [4.69, 9.17) is 11.6 Å². The van der Waals surface area contributed by atoms with Crippen LogP contribution in [-0.4, -0.2) is 28.4 Å². The highest BCUT2D eigenvalue weighted by Gasteiger charge is 2.59. The highest BCUT2D eigenvalue weighted by atomic mass is 35.5. The molecule has 3 aliphatic carbocycles. The first kappa shape index (κ1) is 19.5. The van der Waals surface area contributed by atoms with Crippen LogP contribution >= 0.6 is 11.6 Å². The summed E-state index contributed by atoms with van der Waals surface area (Å²) in [5.41, 5.74) is 2.34. The third kappa shape index (κ3) is 3.29. The number of aliphatic hydroxyl groups is 1. The van der Waals surface area contributed by atoms with Gasteiger partial charge in [-0.15, -0.1) is 11.6 Å². The van der Waals surface area contributed by atoms with Gasteiger partial charge >= 0.3 is 0 Å². The second kappa shape index (κ2) is 7.55. The fourth-order valence-electron chi connectivity index (χ4n) is 6.68. The lowest BCUT2D eigenvalue weighted by molar-refractivity contribution is -0.0495. The van der Waals surface area contributed by atoms with E-state index in [1.807, 2.05) is 6.07 Å². The number of fused-ring (bicyclic) bond motifs is 5. The maximum absolute atomic E-state index is 14.6. The van der Waals surface area contributed by atoms with Crippen molar-refractivity contribution in [1.29, 1.82) is 0 Å². The predicted octanol–water partition coefficient (Wildman–Crippen LogP) is 5.58. The van der Waals surface area contributed by atoms with E-state index in [1.165, 1.54) is 11.1 Å². The van der Waals surface area contributed by atoms with E-state index >= 15 is 0 Å². The summed E-state index contributed by atoms with van der Waals surface area (Å²) in [6.07, 6.45) is 5.94. The molecule has 4 heteroatoms. The summed E-state index contributed by atoms with van der Waals surface area (Å²) < 4.78 is 14.6. The molecule has 150 valence electrons. The minimum absolute atomic E-state index is 0.251.